The van der Waals surface area contributed by atoms with Crippen molar-refractivity contribution in [1.29, 1.82) is 0 Å². The van der Waals surface area contributed by atoms with Crippen molar-refractivity contribution in [1.82, 2.24) is 10.6 Å². The first-order valence-electron chi connectivity index (χ1n) is 8.83. The van der Waals surface area contributed by atoms with Gasteiger partial charge in [-0.3, -0.25) is 4.79 Å². The van der Waals surface area contributed by atoms with Crippen LogP contribution in [-0.2, 0) is 25.7 Å². The van der Waals surface area contributed by atoms with E-state index in [1.54, 1.807) is 45.0 Å². The Morgan fingerprint density at radius 1 is 1.11 bits per heavy atom. The topological polar surface area (TPSA) is 134 Å². The fourth-order valence-electron chi connectivity index (χ4n) is 2.11. The average Bonchev–Trinajstić information content (AvgIpc) is 2.61. The third-order valence-corrected chi connectivity index (χ3v) is 3.44. The van der Waals surface area contributed by atoms with E-state index in [1.165, 1.54) is 6.92 Å². The highest BCUT2D eigenvalue weighted by molar-refractivity contribution is 5.90. The minimum absolute atomic E-state index is 0.0258. The molecule has 9 nitrogen and oxygen atoms in total. The molecule has 0 fully saturated rings. The van der Waals surface area contributed by atoms with E-state index in [0.717, 1.165) is 5.56 Å². The quantitative estimate of drug-likeness (QED) is 0.470. The smallest absolute Gasteiger partial charge is 0.408 e. The SMILES string of the molecule is C[C@H](O)[C@H](NC(=O)OC(C)(C)C)C(=O)N[C@@H](CO)C(=O)OCc1ccccc1. The largest absolute Gasteiger partial charge is 0.459 e. The number of ether oxygens (including phenoxy) is 2. The Balaban J connectivity index is 2.67. The second kappa shape index (κ2) is 10.6. The zero-order valence-electron chi connectivity index (χ0n) is 16.5. The summed E-state index contributed by atoms with van der Waals surface area (Å²) in [5, 5.41) is 23.7. The maximum absolute atomic E-state index is 12.4. The van der Waals surface area contributed by atoms with Gasteiger partial charge >= 0.3 is 12.1 Å². The van der Waals surface area contributed by atoms with E-state index in [4.69, 9.17) is 9.47 Å². The van der Waals surface area contributed by atoms with Crippen LogP contribution in [0, 0.1) is 0 Å². The summed E-state index contributed by atoms with van der Waals surface area (Å²) in [6.07, 6.45) is -2.17. The number of aliphatic hydroxyl groups excluding tert-OH is 2. The van der Waals surface area contributed by atoms with Gasteiger partial charge in [0.05, 0.1) is 12.7 Å². The molecule has 0 aromatic heterocycles. The Morgan fingerprint density at radius 2 is 1.71 bits per heavy atom. The number of benzene rings is 1. The van der Waals surface area contributed by atoms with Crippen molar-refractivity contribution in [3.63, 3.8) is 0 Å². The van der Waals surface area contributed by atoms with Crippen LogP contribution in [-0.4, -0.2) is 58.6 Å². The first-order valence-corrected chi connectivity index (χ1v) is 8.83. The summed E-state index contributed by atoms with van der Waals surface area (Å²) in [4.78, 5) is 36.3. The number of amides is 2. The molecule has 0 aliphatic rings. The lowest BCUT2D eigenvalue weighted by atomic mass is 10.1. The van der Waals surface area contributed by atoms with Gasteiger partial charge in [0.25, 0.3) is 0 Å². The lowest BCUT2D eigenvalue weighted by Gasteiger charge is -2.25. The van der Waals surface area contributed by atoms with Crippen molar-refractivity contribution in [2.24, 2.45) is 0 Å². The molecule has 1 rings (SSSR count). The maximum atomic E-state index is 12.4. The minimum Gasteiger partial charge on any atom is -0.459 e. The average molecular weight is 396 g/mol. The summed E-state index contributed by atoms with van der Waals surface area (Å²) in [5.74, 6) is -1.71. The summed E-state index contributed by atoms with van der Waals surface area (Å²) in [6, 6.07) is 6.16. The number of esters is 1. The molecule has 3 atom stereocenters. The Labute approximate surface area is 164 Å². The zero-order chi connectivity index (χ0) is 21.3. The van der Waals surface area contributed by atoms with Crippen molar-refractivity contribution in [3.05, 3.63) is 35.9 Å². The zero-order valence-corrected chi connectivity index (χ0v) is 16.5. The molecule has 0 aliphatic heterocycles. The van der Waals surface area contributed by atoms with E-state index in [2.05, 4.69) is 10.6 Å². The first-order chi connectivity index (χ1) is 13.0. The number of alkyl carbamates (subject to hydrolysis) is 1. The molecule has 9 heteroatoms. The Kier molecular flexibility index (Phi) is 8.87. The summed E-state index contributed by atoms with van der Waals surface area (Å²) >= 11 is 0. The van der Waals surface area contributed by atoms with Crippen LogP contribution < -0.4 is 10.6 Å². The Morgan fingerprint density at radius 3 is 2.21 bits per heavy atom. The molecule has 156 valence electrons. The summed E-state index contributed by atoms with van der Waals surface area (Å²) in [6.45, 7) is 5.50. The van der Waals surface area contributed by atoms with Gasteiger partial charge in [0.1, 0.15) is 18.2 Å². The maximum Gasteiger partial charge on any atom is 0.408 e. The van der Waals surface area contributed by atoms with Crippen LogP contribution in [0.5, 0.6) is 0 Å². The van der Waals surface area contributed by atoms with Gasteiger partial charge in [-0.15, -0.1) is 0 Å². The molecule has 1 aromatic carbocycles. The normalized spacial score (nSPS) is 14.4. The number of rotatable bonds is 8. The van der Waals surface area contributed by atoms with Crippen LogP contribution in [0.25, 0.3) is 0 Å². The Bertz CT molecular complexity index is 656. The summed E-state index contributed by atoms with van der Waals surface area (Å²) in [7, 11) is 0. The lowest BCUT2D eigenvalue weighted by molar-refractivity contribution is -0.150. The van der Waals surface area contributed by atoms with Crippen molar-refractivity contribution >= 4 is 18.0 Å². The van der Waals surface area contributed by atoms with Crippen molar-refractivity contribution in [2.75, 3.05) is 6.61 Å². The molecule has 0 saturated heterocycles. The fraction of sp³-hybridized carbons (Fsp3) is 0.526. The van der Waals surface area contributed by atoms with E-state index < -0.39 is 48.4 Å². The molecular formula is C19H28N2O7. The molecule has 0 radical (unpaired) electrons. The summed E-state index contributed by atoms with van der Waals surface area (Å²) in [5.41, 5.74) is -0.0501. The minimum atomic E-state index is -1.38. The van der Waals surface area contributed by atoms with E-state index in [1.807, 2.05) is 6.07 Å². The van der Waals surface area contributed by atoms with Crippen LogP contribution in [0.15, 0.2) is 30.3 Å². The number of carbonyl (C=O) groups is 3. The second-order valence-electron chi connectivity index (χ2n) is 7.20. The van der Waals surface area contributed by atoms with Gasteiger partial charge in [-0.1, -0.05) is 30.3 Å². The predicted molar refractivity (Wildman–Crippen MR) is 100 cm³/mol. The highest BCUT2D eigenvalue weighted by Gasteiger charge is 2.31. The molecule has 2 amide bonds. The number of nitrogens with one attached hydrogen (secondary N) is 2. The van der Waals surface area contributed by atoms with Crippen molar-refractivity contribution in [3.8, 4) is 0 Å². The van der Waals surface area contributed by atoms with Crippen molar-refractivity contribution in [2.45, 2.75) is 58.1 Å². The van der Waals surface area contributed by atoms with Gasteiger partial charge in [0.15, 0.2) is 6.04 Å². The van der Waals surface area contributed by atoms with Gasteiger partial charge in [0.2, 0.25) is 5.91 Å². The second-order valence-corrected chi connectivity index (χ2v) is 7.20. The van der Waals surface area contributed by atoms with Crippen molar-refractivity contribution < 1.29 is 34.1 Å². The molecule has 0 spiro atoms. The fourth-order valence-corrected chi connectivity index (χ4v) is 2.11. The van der Waals surface area contributed by atoms with Crippen LogP contribution in [0.1, 0.15) is 33.3 Å². The van der Waals surface area contributed by atoms with Gasteiger partial charge < -0.3 is 30.3 Å². The Hall–Kier alpha value is -2.65. The van der Waals surface area contributed by atoms with Crippen LogP contribution in [0.4, 0.5) is 4.79 Å². The van der Waals surface area contributed by atoms with E-state index in [0.29, 0.717) is 0 Å². The standard InChI is InChI=1S/C19H28N2O7/c1-12(23)15(21-18(26)28-19(2,3)4)16(24)20-14(10-22)17(25)27-11-13-8-6-5-7-9-13/h5-9,12,14-15,22-23H,10-11H2,1-4H3,(H,20,24)(H,21,26)/t12-,14-,15-/m0/s1. The lowest BCUT2D eigenvalue weighted by Crippen LogP contribution is -2.57. The third-order valence-electron chi connectivity index (χ3n) is 3.44. The van der Waals surface area contributed by atoms with Gasteiger partial charge in [-0.25, -0.2) is 9.59 Å². The molecular weight excluding hydrogens is 368 g/mol. The molecule has 0 aliphatic carbocycles. The van der Waals surface area contributed by atoms with Gasteiger partial charge in [-0.05, 0) is 33.3 Å². The highest BCUT2D eigenvalue weighted by Crippen LogP contribution is 2.08. The number of hydrogen-bond acceptors (Lipinski definition) is 7. The number of carbonyl (C=O) groups excluding carboxylic acids is 3. The van der Waals surface area contributed by atoms with Crippen LogP contribution >= 0.6 is 0 Å². The van der Waals surface area contributed by atoms with Crippen LogP contribution in [0.2, 0.25) is 0 Å². The predicted octanol–water partition coefficient (Wildman–Crippen LogP) is 0.481. The number of hydrogen-bond donors (Lipinski definition) is 4. The third kappa shape index (κ3) is 8.36. The molecule has 0 heterocycles. The monoisotopic (exact) mass is 396 g/mol. The molecule has 1 aromatic rings. The molecule has 0 saturated carbocycles. The first kappa shape index (κ1) is 23.4. The number of aliphatic hydroxyl groups is 2. The molecule has 0 unspecified atom stereocenters. The molecule has 4 N–H and O–H groups in total. The summed E-state index contributed by atoms with van der Waals surface area (Å²) < 4.78 is 10.1. The van der Waals surface area contributed by atoms with E-state index >= 15 is 0 Å². The van der Waals surface area contributed by atoms with E-state index in [-0.39, 0.29) is 6.61 Å². The highest BCUT2D eigenvalue weighted by atomic mass is 16.6. The molecule has 28 heavy (non-hydrogen) atoms. The van der Waals surface area contributed by atoms with Gasteiger partial charge in [-0.2, -0.15) is 0 Å². The van der Waals surface area contributed by atoms with Crippen LogP contribution in [0.3, 0.4) is 0 Å². The van der Waals surface area contributed by atoms with Gasteiger partial charge in [0, 0.05) is 0 Å². The van der Waals surface area contributed by atoms with E-state index in [9.17, 15) is 24.6 Å². The molecule has 0 bridgehead atoms.